The quantitative estimate of drug-likeness (QED) is 0.695. The normalized spacial score (nSPS) is 13.0. The molecule has 0 radical (unpaired) electrons. The molecule has 0 fully saturated rings. The van der Waals surface area contributed by atoms with Crippen molar-refractivity contribution < 1.29 is 4.74 Å². The first-order valence-electron chi connectivity index (χ1n) is 5.49. The minimum Gasteiger partial charge on any atom is -0.385 e. The van der Waals surface area contributed by atoms with Crippen LogP contribution >= 0.6 is 0 Å². The average Bonchev–Trinajstić information content (AvgIpc) is 2.65. The van der Waals surface area contributed by atoms with E-state index >= 15 is 0 Å². The topological polar surface area (TPSA) is 39.1 Å². The summed E-state index contributed by atoms with van der Waals surface area (Å²) < 4.78 is 7.08. The largest absolute Gasteiger partial charge is 0.385 e. The van der Waals surface area contributed by atoms with Crippen LogP contribution in [-0.4, -0.2) is 29.8 Å². The summed E-state index contributed by atoms with van der Waals surface area (Å²) in [5, 5.41) is 3.48. The number of hydrogen-bond donors (Lipinski definition) is 1. The van der Waals surface area contributed by atoms with Crippen LogP contribution in [0.15, 0.2) is 12.4 Å². The van der Waals surface area contributed by atoms with Crippen molar-refractivity contribution in [1.82, 2.24) is 14.9 Å². The fourth-order valence-corrected chi connectivity index (χ4v) is 1.62. The number of hydrogen-bond acceptors (Lipinski definition) is 3. The van der Waals surface area contributed by atoms with Crippen LogP contribution < -0.4 is 5.32 Å². The van der Waals surface area contributed by atoms with E-state index in [2.05, 4.69) is 21.8 Å². The molecular formula is C11H21N3O. The maximum absolute atomic E-state index is 5.01. The van der Waals surface area contributed by atoms with Gasteiger partial charge in [0.05, 0.1) is 6.04 Å². The van der Waals surface area contributed by atoms with Crippen molar-refractivity contribution in [3.8, 4) is 0 Å². The van der Waals surface area contributed by atoms with Crippen LogP contribution in [0.2, 0.25) is 0 Å². The molecule has 0 amide bonds. The molecule has 4 nitrogen and oxygen atoms in total. The Balaban J connectivity index is 2.39. The van der Waals surface area contributed by atoms with Gasteiger partial charge in [0.15, 0.2) is 0 Å². The first-order chi connectivity index (χ1) is 7.29. The van der Waals surface area contributed by atoms with Crippen LogP contribution in [0, 0.1) is 0 Å². The predicted molar refractivity (Wildman–Crippen MR) is 60.7 cm³/mol. The van der Waals surface area contributed by atoms with Crippen molar-refractivity contribution >= 4 is 0 Å². The number of imidazole rings is 1. The molecule has 0 aromatic carbocycles. The van der Waals surface area contributed by atoms with Crippen molar-refractivity contribution in [2.45, 2.75) is 25.8 Å². The van der Waals surface area contributed by atoms with Gasteiger partial charge in [-0.2, -0.15) is 0 Å². The average molecular weight is 211 g/mol. The van der Waals surface area contributed by atoms with E-state index in [1.54, 1.807) is 7.11 Å². The zero-order valence-corrected chi connectivity index (χ0v) is 9.86. The Morgan fingerprint density at radius 2 is 2.40 bits per heavy atom. The lowest BCUT2D eigenvalue weighted by Crippen LogP contribution is -2.25. The monoisotopic (exact) mass is 211 g/mol. The summed E-state index contributed by atoms with van der Waals surface area (Å²) in [5.74, 6) is 1.11. The van der Waals surface area contributed by atoms with Crippen LogP contribution in [0.4, 0.5) is 0 Å². The third-order valence-corrected chi connectivity index (χ3v) is 2.49. The fourth-order valence-electron chi connectivity index (χ4n) is 1.62. The van der Waals surface area contributed by atoms with E-state index in [1.165, 1.54) is 0 Å². The zero-order valence-electron chi connectivity index (χ0n) is 9.86. The van der Waals surface area contributed by atoms with Crippen LogP contribution in [-0.2, 0) is 11.8 Å². The van der Waals surface area contributed by atoms with Gasteiger partial charge in [-0.05, 0) is 19.4 Å². The highest BCUT2D eigenvalue weighted by Gasteiger charge is 2.12. The van der Waals surface area contributed by atoms with Crippen LogP contribution in [0.25, 0.3) is 0 Å². The van der Waals surface area contributed by atoms with Gasteiger partial charge in [0, 0.05) is 33.2 Å². The molecule has 1 aromatic heterocycles. The molecule has 0 aliphatic carbocycles. The molecule has 15 heavy (non-hydrogen) atoms. The summed E-state index contributed by atoms with van der Waals surface area (Å²) in [7, 11) is 3.76. The van der Waals surface area contributed by atoms with Gasteiger partial charge in [0.25, 0.3) is 0 Å². The lowest BCUT2D eigenvalue weighted by molar-refractivity contribution is 0.193. The van der Waals surface area contributed by atoms with Gasteiger partial charge in [-0.1, -0.05) is 6.92 Å². The van der Waals surface area contributed by atoms with Crippen LogP contribution in [0.5, 0.6) is 0 Å². The van der Waals surface area contributed by atoms with Crippen molar-refractivity contribution in [2.24, 2.45) is 7.05 Å². The van der Waals surface area contributed by atoms with Crippen LogP contribution in [0.1, 0.15) is 31.6 Å². The molecular weight excluding hydrogens is 190 g/mol. The Hall–Kier alpha value is -0.870. The first-order valence-corrected chi connectivity index (χ1v) is 5.49. The minimum absolute atomic E-state index is 0.349. The number of rotatable bonds is 7. The third-order valence-electron chi connectivity index (χ3n) is 2.49. The van der Waals surface area contributed by atoms with Crippen molar-refractivity contribution in [2.75, 3.05) is 20.3 Å². The maximum Gasteiger partial charge on any atom is 0.125 e. The second-order valence-corrected chi connectivity index (χ2v) is 3.66. The van der Waals surface area contributed by atoms with Gasteiger partial charge >= 0.3 is 0 Å². The summed E-state index contributed by atoms with van der Waals surface area (Å²) in [4.78, 5) is 4.36. The number of aryl methyl sites for hydroxylation is 1. The molecule has 0 saturated carbocycles. The van der Waals surface area contributed by atoms with E-state index < -0.39 is 0 Å². The Morgan fingerprint density at radius 3 is 2.93 bits per heavy atom. The second kappa shape index (κ2) is 6.58. The molecule has 1 N–H and O–H groups in total. The third kappa shape index (κ3) is 3.64. The van der Waals surface area contributed by atoms with E-state index in [-0.39, 0.29) is 0 Å². The molecule has 0 bridgehead atoms. The summed E-state index contributed by atoms with van der Waals surface area (Å²) in [6, 6.07) is 0.349. The Kier molecular flexibility index (Phi) is 5.36. The lowest BCUT2D eigenvalue weighted by Gasteiger charge is -2.16. The van der Waals surface area contributed by atoms with Crippen molar-refractivity contribution in [3.05, 3.63) is 18.2 Å². The van der Waals surface area contributed by atoms with Gasteiger partial charge in [0.2, 0.25) is 0 Å². The predicted octanol–water partition coefficient (Wildman–Crippen LogP) is 1.50. The first kappa shape index (κ1) is 12.2. The number of aromatic nitrogens is 2. The van der Waals surface area contributed by atoms with E-state index in [9.17, 15) is 0 Å². The highest BCUT2D eigenvalue weighted by atomic mass is 16.5. The van der Waals surface area contributed by atoms with Gasteiger partial charge in [-0.15, -0.1) is 0 Å². The zero-order chi connectivity index (χ0) is 11.1. The lowest BCUT2D eigenvalue weighted by atomic mass is 10.2. The van der Waals surface area contributed by atoms with E-state index in [0.717, 1.165) is 31.8 Å². The molecule has 0 saturated heterocycles. The van der Waals surface area contributed by atoms with E-state index in [0.29, 0.717) is 6.04 Å². The van der Waals surface area contributed by atoms with Gasteiger partial charge in [-0.3, -0.25) is 0 Å². The molecule has 1 unspecified atom stereocenters. The molecule has 1 heterocycles. The van der Waals surface area contributed by atoms with E-state index in [4.69, 9.17) is 4.74 Å². The van der Waals surface area contributed by atoms with E-state index in [1.807, 2.05) is 19.4 Å². The van der Waals surface area contributed by atoms with Gasteiger partial charge in [-0.25, -0.2) is 4.98 Å². The second-order valence-electron chi connectivity index (χ2n) is 3.66. The Labute approximate surface area is 91.7 Å². The molecule has 86 valence electrons. The number of methoxy groups -OCH3 is 1. The SMILES string of the molecule is CCC(NCCCOC)c1nccn1C. The number of nitrogens with one attached hydrogen (secondary N) is 1. The number of ether oxygens (including phenoxy) is 1. The summed E-state index contributed by atoms with van der Waals surface area (Å²) in [5.41, 5.74) is 0. The molecule has 0 aliphatic rings. The Bertz CT molecular complexity index is 273. The maximum atomic E-state index is 5.01. The highest BCUT2D eigenvalue weighted by Crippen LogP contribution is 2.13. The molecule has 1 aromatic rings. The molecule has 1 atom stereocenters. The summed E-state index contributed by atoms with van der Waals surface area (Å²) in [6.07, 6.45) is 5.92. The van der Waals surface area contributed by atoms with Crippen molar-refractivity contribution in [3.63, 3.8) is 0 Å². The minimum atomic E-state index is 0.349. The number of nitrogens with zero attached hydrogens (tertiary/aromatic N) is 2. The molecule has 0 aliphatic heterocycles. The summed E-state index contributed by atoms with van der Waals surface area (Å²) >= 11 is 0. The van der Waals surface area contributed by atoms with Crippen LogP contribution in [0.3, 0.4) is 0 Å². The molecule has 1 rings (SSSR count). The molecule has 4 heteroatoms. The standard InChI is InChI=1S/C11H21N3O/c1-4-10(12-6-5-9-15-3)11-13-7-8-14(11)2/h7-8,10,12H,4-6,9H2,1-3H3. The molecule has 0 spiro atoms. The summed E-state index contributed by atoms with van der Waals surface area (Å²) in [6.45, 7) is 3.95. The fraction of sp³-hybridized carbons (Fsp3) is 0.727. The van der Waals surface area contributed by atoms with Crippen molar-refractivity contribution in [1.29, 1.82) is 0 Å². The Morgan fingerprint density at radius 1 is 1.60 bits per heavy atom. The smallest absolute Gasteiger partial charge is 0.125 e. The highest BCUT2D eigenvalue weighted by molar-refractivity contribution is 4.98. The van der Waals surface area contributed by atoms with Gasteiger partial charge < -0.3 is 14.6 Å². The van der Waals surface area contributed by atoms with Gasteiger partial charge in [0.1, 0.15) is 5.82 Å².